The molecule has 1 fully saturated rings. The molecule has 1 aromatic rings. The van der Waals surface area contributed by atoms with Crippen LogP contribution in [0.1, 0.15) is 43.0 Å². The standard InChI is InChI=1S/C18H22Cl2N2O4/c1-2-26-17(24)6-5-16(23)21-13-7-9-22(10-8-13)18(25)14-11-12(19)3-4-15(14)20/h3-4,11,13H,2,5-10H2,1H3,(H,21,23). The highest BCUT2D eigenvalue weighted by molar-refractivity contribution is 6.35. The molecule has 2 rings (SSSR count). The van der Waals surface area contributed by atoms with Gasteiger partial charge < -0.3 is 15.0 Å². The van der Waals surface area contributed by atoms with E-state index in [1.165, 1.54) is 0 Å². The topological polar surface area (TPSA) is 75.7 Å². The van der Waals surface area contributed by atoms with Crippen LogP contribution in [0.25, 0.3) is 0 Å². The average Bonchev–Trinajstić information content (AvgIpc) is 2.62. The molecular weight excluding hydrogens is 379 g/mol. The molecule has 1 N–H and O–H groups in total. The van der Waals surface area contributed by atoms with Crippen LogP contribution in [-0.2, 0) is 14.3 Å². The second-order valence-electron chi connectivity index (χ2n) is 6.06. The number of likely N-dealkylation sites (tertiary alicyclic amines) is 1. The number of ether oxygens (including phenoxy) is 1. The predicted molar refractivity (Wildman–Crippen MR) is 99.4 cm³/mol. The predicted octanol–water partition coefficient (Wildman–Crippen LogP) is 3.06. The fourth-order valence-electron chi connectivity index (χ4n) is 2.81. The van der Waals surface area contributed by atoms with Crippen LogP contribution in [-0.4, -0.2) is 48.4 Å². The number of nitrogens with one attached hydrogen (secondary N) is 1. The van der Waals surface area contributed by atoms with Gasteiger partial charge in [0.15, 0.2) is 0 Å². The second kappa shape index (κ2) is 9.78. The lowest BCUT2D eigenvalue weighted by Crippen LogP contribution is -2.46. The monoisotopic (exact) mass is 400 g/mol. The van der Waals surface area contributed by atoms with Crippen LogP contribution in [0, 0.1) is 0 Å². The third-order valence-corrected chi connectivity index (χ3v) is 4.73. The highest BCUT2D eigenvalue weighted by Gasteiger charge is 2.26. The first-order chi connectivity index (χ1) is 12.4. The van der Waals surface area contributed by atoms with E-state index in [2.05, 4.69) is 5.32 Å². The normalized spacial score (nSPS) is 14.8. The summed E-state index contributed by atoms with van der Waals surface area (Å²) in [5, 5.41) is 3.73. The van der Waals surface area contributed by atoms with E-state index in [1.807, 2.05) is 0 Å². The Labute approximate surface area is 162 Å². The highest BCUT2D eigenvalue weighted by atomic mass is 35.5. The number of piperidine rings is 1. The van der Waals surface area contributed by atoms with Crippen LogP contribution in [0.5, 0.6) is 0 Å². The van der Waals surface area contributed by atoms with Crippen LogP contribution >= 0.6 is 23.2 Å². The second-order valence-corrected chi connectivity index (χ2v) is 6.91. The molecule has 1 aliphatic rings. The maximum atomic E-state index is 12.6. The molecule has 0 bridgehead atoms. The third-order valence-electron chi connectivity index (χ3n) is 4.17. The molecule has 0 spiro atoms. The minimum absolute atomic E-state index is 0.0106. The molecule has 0 unspecified atom stereocenters. The van der Waals surface area contributed by atoms with Gasteiger partial charge >= 0.3 is 5.97 Å². The smallest absolute Gasteiger partial charge is 0.306 e. The summed E-state index contributed by atoms with van der Waals surface area (Å²) in [5.41, 5.74) is 0.385. The van der Waals surface area contributed by atoms with E-state index in [-0.39, 0.29) is 36.7 Å². The highest BCUT2D eigenvalue weighted by Crippen LogP contribution is 2.23. The number of benzene rings is 1. The Kier molecular flexibility index (Phi) is 7.72. The molecule has 1 aromatic carbocycles. The van der Waals surface area contributed by atoms with Crippen molar-refractivity contribution in [2.45, 2.75) is 38.6 Å². The number of nitrogens with zero attached hydrogens (tertiary/aromatic N) is 1. The number of hydrogen-bond donors (Lipinski definition) is 1. The third kappa shape index (κ3) is 5.88. The van der Waals surface area contributed by atoms with E-state index in [0.717, 1.165) is 0 Å². The fraction of sp³-hybridized carbons (Fsp3) is 0.500. The number of esters is 1. The van der Waals surface area contributed by atoms with Crippen LogP contribution in [0.2, 0.25) is 10.0 Å². The number of halogens is 2. The van der Waals surface area contributed by atoms with E-state index in [0.29, 0.717) is 48.1 Å². The molecule has 0 aliphatic carbocycles. The van der Waals surface area contributed by atoms with Crippen molar-refractivity contribution >= 4 is 41.0 Å². The van der Waals surface area contributed by atoms with Gasteiger partial charge in [-0.1, -0.05) is 23.2 Å². The lowest BCUT2D eigenvalue weighted by molar-refractivity contribution is -0.144. The number of carbonyl (C=O) groups excluding carboxylic acids is 3. The summed E-state index contributed by atoms with van der Waals surface area (Å²) in [7, 11) is 0. The van der Waals surface area contributed by atoms with Crippen molar-refractivity contribution in [3.63, 3.8) is 0 Å². The Morgan fingerprint density at radius 2 is 1.88 bits per heavy atom. The lowest BCUT2D eigenvalue weighted by atomic mass is 10.0. The van der Waals surface area contributed by atoms with Gasteiger partial charge in [0.25, 0.3) is 5.91 Å². The van der Waals surface area contributed by atoms with Gasteiger partial charge in [0.1, 0.15) is 0 Å². The van der Waals surface area contributed by atoms with E-state index in [9.17, 15) is 14.4 Å². The number of carbonyl (C=O) groups is 3. The molecule has 26 heavy (non-hydrogen) atoms. The Morgan fingerprint density at radius 3 is 2.54 bits per heavy atom. The van der Waals surface area contributed by atoms with Crippen LogP contribution in [0.15, 0.2) is 18.2 Å². The molecule has 1 saturated heterocycles. The maximum Gasteiger partial charge on any atom is 0.306 e. The van der Waals surface area contributed by atoms with Crippen molar-refractivity contribution < 1.29 is 19.1 Å². The van der Waals surface area contributed by atoms with Crippen LogP contribution in [0.3, 0.4) is 0 Å². The van der Waals surface area contributed by atoms with Crippen molar-refractivity contribution in [1.29, 1.82) is 0 Å². The van der Waals surface area contributed by atoms with Crippen molar-refractivity contribution in [3.05, 3.63) is 33.8 Å². The Balaban J connectivity index is 1.79. The largest absolute Gasteiger partial charge is 0.466 e. The number of hydrogen-bond acceptors (Lipinski definition) is 4. The van der Waals surface area contributed by atoms with Gasteiger partial charge in [0.2, 0.25) is 5.91 Å². The number of rotatable bonds is 6. The maximum absolute atomic E-state index is 12.6. The summed E-state index contributed by atoms with van der Waals surface area (Å²) >= 11 is 12.0. The Morgan fingerprint density at radius 1 is 1.19 bits per heavy atom. The summed E-state index contributed by atoms with van der Waals surface area (Å²) in [4.78, 5) is 37.5. The first-order valence-electron chi connectivity index (χ1n) is 8.60. The van der Waals surface area contributed by atoms with Crippen LogP contribution in [0.4, 0.5) is 0 Å². The van der Waals surface area contributed by atoms with Gasteiger partial charge in [-0.25, -0.2) is 0 Å². The van der Waals surface area contributed by atoms with Gasteiger partial charge in [-0.3, -0.25) is 14.4 Å². The molecule has 0 aromatic heterocycles. The van der Waals surface area contributed by atoms with Gasteiger partial charge in [0.05, 0.1) is 23.6 Å². The Hall–Kier alpha value is -1.79. The summed E-state index contributed by atoms with van der Waals surface area (Å²) in [6.45, 7) is 3.07. The molecule has 8 heteroatoms. The SMILES string of the molecule is CCOC(=O)CCC(=O)NC1CCN(C(=O)c2cc(Cl)ccc2Cl)CC1. The molecule has 0 radical (unpaired) electrons. The zero-order chi connectivity index (χ0) is 19.1. The minimum atomic E-state index is -0.374. The van der Waals surface area contributed by atoms with Gasteiger partial charge in [-0.2, -0.15) is 0 Å². The van der Waals surface area contributed by atoms with Gasteiger partial charge in [0, 0.05) is 30.6 Å². The van der Waals surface area contributed by atoms with Crippen molar-refractivity contribution in [2.75, 3.05) is 19.7 Å². The Bertz CT molecular complexity index is 673. The van der Waals surface area contributed by atoms with E-state index in [4.69, 9.17) is 27.9 Å². The van der Waals surface area contributed by atoms with Crippen molar-refractivity contribution in [3.8, 4) is 0 Å². The minimum Gasteiger partial charge on any atom is -0.466 e. The zero-order valence-corrected chi connectivity index (χ0v) is 16.1. The van der Waals surface area contributed by atoms with Gasteiger partial charge in [-0.15, -0.1) is 0 Å². The van der Waals surface area contributed by atoms with Crippen LogP contribution < -0.4 is 5.32 Å². The molecular formula is C18H22Cl2N2O4. The van der Waals surface area contributed by atoms with Crippen molar-refractivity contribution in [1.82, 2.24) is 10.2 Å². The molecule has 1 heterocycles. The molecule has 0 saturated carbocycles. The molecule has 6 nitrogen and oxygen atoms in total. The zero-order valence-electron chi connectivity index (χ0n) is 14.6. The first kappa shape index (κ1) is 20.5. The summed E-state index contributed by atoms with van der Waals surface area (Å²) in [6.07, 6.45) is 1.48. The van der Waals surface area contributed by atoms with E-state index < -0.39 is 0 Å². The molecule has 142 valence electrons. The summed E-state index contributed by atoms with van der Waals surface area (Å²) < 4.78 is 4.80. The quantitative estimate of drug-likeness (QED) is 0.744. The molecule has 0 atom stereocenters. The fourth-order valence-corrected chi connectivity index (χ4v) is 3.18. The lowest BCUT2D eigenvalue weighted by Gasteiger charge is -2.32. The molecule has 2 amide bonds. The first-order valence-corrected chi connectivity index (χ1v) is 9.35. The van der Waals surface area contributed by atoms with Gasteiger partial charge in [-0.05, 0) is 38.0 Å². The summed E-state index contributed by atoms with van der Waals surface area (Å²) in [6, 6.07) is 4.80. The summed E-state index contributed by atoms with van der Waals surface area (Å²) in [5.74, 6) is -0.716. The van der Waals surface area contributed by atoms with E-state index in [1.54, 1.807) is 30.0 Å². The van der Waals surface area contributed by atoms with E-state index >= 15 is 0 Å². The number of amides is 2. The average molecular weight is 401 g/mol. The van der Waals surface area contributed by atoms with Crippen molar-refractivity contribution in [2.24, 2.45) is 0 Å². The molecule has 1 aliphatic heterocycles.